The fourth-order valence-corrected chi connectivity index (χ4v) is 6.84. The molecule has 1 aliphatic heterocycles. The molecule has 1 fully saturated rings. The number of halogens is 2. The van der Waals surface area contributed by atoms with Crippen LogP contribution in [0.25, 0.3) is 10.9 Å². The summed E-state index contributed by atoms with van der Waals surface area (Å²) in [6, 6.07) is 13.9. The molecular formula is C29H34Cl2N2O3S. The molecule has 2 heterocycles. The Hall–Kier alpha value is -1.99. The van der Waals surface area contributed by atoms with Crippen LogP contribution in [0.15, 0.2) is 53.6 Å². The first-order valence-electron chi connectivity index (χ1n) is 12.9. The third-order valence-corrected chi connectivity index (χ3v) is 9.31. The Morgan fingerprint density at radius 1 is 1.19 bits per heavy atom. The molecule has 198 valence electrons. The molecule has 37 heavy (non-hydrogen) atoms. The van der Waals surface area contributed by atoms with Crippen LogP contribution in [-0.4, -0.2) is 53.5 Å². The van der Waals surface area contributed by atoms with Gasteiger partial charge in [0.2, 0.25) is 0 Å². The van der Waals surface area contributed by atoms with Crippen LogP contribution in [0.3, 0.4) is 0 Å². The van der Waals surface area contributed by atoms with Gasteiger partial charge in [-0.3, -0.25) is 9.78 Å². The predicted octanol–water partition coefficient (Wildman–Crippen LogP) is 7.47. The third-order valence-electron chi connectivity index (χ3n) is 7.35. The van der Waals surface area contributed by atoms with Gasteiger partial charge in [-0.2, -0.15) is 0 Å². The van der Waals surface area contributed by atoms with E-state index in [1.54, 1.807) is 24.9 Å². The van der Waals surface area contributed by atoms with Gasteiger partial charge in [0, 0.05) is 41.7 Å². The number of methoxy groups -OCH3 is 1. The summed E-state index contributed by atoms with van der Waals surface area (Å²) >= 11 is 14.2. The number of aliphatic carboxylic acids is 1. The van der Waals surface area contributed by atoms with Crippen molar-refractivity contribution in [3.63, 3.8) is 0 Å². The van der Waals surface area contributed by atoms with Gasteiger partial charge in [0.15, 0.2) is 0 Å². The highest BCUT2D eigenvalue weighted by Crippen LogP contribution is 2.35. The molecule has 1 aromatic heterocycles. The smallest absolute Gasteiger partial charge is 0.303 e. The van der Waals surface area contributed by atoms with Gasteiger partial charge in [-0.25, -0.2) is 0 Å². The highest BCUT2D eigenvalue weighted by atomic mass is 35.5. The van der Waals surface area contributed by atoms with Crippen molar-refractivity contribution in [1.82, 2.24) is 9.88 Å². The number of carboxylic acids is 1. The number of hydrogen-bond acceptors (Lipinski definition) is 5. The summed E-state index contributed by atoms with van der Waals surface area (Å²) in [7, 11) is 1.69. The molecule has 2 unspecified atom stereocenters. The predicted molar refractivity (Wildman–Crippen MR) is 153 cm³/mol. The van der Waals surface area contributed by atoms with Crippen LogP contribution >= 0.6 is 35.0 Å². The van der Waals surface area contributed by atoms with Crippen molar-refractivity contribution in [3.05, 3.63) is 64.3 Å². The molecule has 0 bridgehead atoms. The van der Waals surface area contributed by atoms with Crippen LogP contribution in [0.4, 0.5) is 0 Å². The van der Waals surface area contributed by atoms with Gasteiger partial charge in [0.1, 0.15) is 5.75 Å². The van der Waals surface area contributed by atoms with Crippen LogP contribution in [0.2, 0.25) is 10.0 Å². The normalized spacial score (nSPS) is 18.2. The number of fused-ring (bicyclic) bond motifs is 1. The molecule has 0 aliphatic carbocycles. The Balaban J connectivity index is 1.32. The maximum Gasteiger partial charge on any atom is 0.303 e. The number of ether oxygens (including phenoxy) is 1. The van der Waals surface area contributed by atoms with Crippen molar-refractivity contribution in [1.29, 1.82) is 0 Å². The number of likely N-dealkylation sites (tertiary alicyclic amines) is 1. The molecule has 3 aromatic rings. The molecule has 2 atom stereocenters. The van der Waals surface area contributed by atoms with Gasteiger partial charge in [0.05, 0.1) is 22.7 Å². The summed E-state index contributed by atoms with van der Waals surface area (Å²) in [5, 5.41) is 11.7. The molecule has 8 heteroatoms. The van der Waals surface area contributed by atoms with Crippen molar-refractivity contribution >= 4 is 51.8 Å². The molecule has 1 saturated heterocycles. The highest BCUT2D eigenvalue weighted by Gasteiger charge is 2.29. The summed E-state index contributed by atoms with van der Waals surface area (Å²) in [5.74, 6) is 2.01. The third kappa shape index (κ3) is 7.76. The van der Waals surface area contributed by atoms with Crippen LogP contribution in [0.1, 0.15) is 37.7 Å². The van der Waals surface area contributed by atoms with Crippen molar-refractivity contribution in [2.45, 2.75) is 43.4 Å². The number of benzene rings is 2. The van der Waals surface area contributed by atoms with E-state index in [0.29, 0.717) is 21.9 Å². The number of carbonyl (C=O) groups is 1. The fraction of sp³-hybridized carbons (Fsp3) is 0.448. The van der Waals surface area contributed by atoms with Crippen molar-refractivity contribution in [2.24, 2.45) is 11.8 Å². The molecule has 0 spiro atoms. The fourth-order valence-electron chi connectivity index (χ4n) is 5.34. The van der Waals surface area contributed by atoms with Gasteiger partial charge >= 0.3 is 5.97 Å². The van der Waals surface area contributed by atoms with E-state index in [1.165, 1.54) is 5.56 Å². The van der Waals surface area contributed by atoms with E-state index >= 15 is 0 Å². The lowest BCUT2D eigenvalue weighted by atomic mass is 9.79. The Labute approximate surface area is 233 Å². The minimum Gasteiger partial charge on any atom is -0.497 e. The number of piperidine rings is 1. The monoisotopic (exact) mass is 560 g/mol. The van der Waals surface area contributed by atoms with Crippen LogP contribution in [0, 0.1) is 11.8 Å². The van der Waals surface area contributed by atoms with Gasteiger partial charge in [0.25, 0.3) is 0 Å². The van der Waals surface area contributed by atoms with E-state index in [2.05, 4.69) is 22.0 Å². The molecule has 1 N–H and O–H groups in total. The standard InChI is InChI=1S/C29H34Cl2N2O3S/c1-36-23-9-10-26-24(18-23)21(12-14-32-26)5-2-4-20-13-15-33(19-22(20)8-11-28(34)35)16-17-37-27-7-3-6-25(30)29(27)31/h3,6-7,9-10,12,14,18,20,22H,2,4-5,8,11,13,15-17,19H2,1H3,(H,34,35). The number of thioether (sulfide) groups is 1. The number of rotatable bonds is 12. The number of nitrogens with zero attached hydrogens (tertiary/aromatic N) is 2. The average Bonchev–Trinajstić information content (AvgIpc) is 2.90. The molecular weight excluding hydrogens is 527 g/mol. The van der Waals surface area contributed by atoms with E-state index in [-0.39, 0.29) is 6.42 Å². The summed E-state index contributed by atoms with van der Waals surface area (Å²) in [4.78, 5) is 19.3. The van der Waals surface area contributed by atoms with Gasteiger partial charge in [-0.05, 0) is 92.4 Å². The van der Waals surface area contributed by atoms with Crippen LogP contribution < -0.4 is 4.74 Å². The summed E-state index contributed by atoms with van der Waals surface area (Å²) in [6.45, 7) is 2.96. The summed E-state index contributed by atoms with van der Waals surface area (Å²) in [6.07, 6.45) is 7.13. The van der Waals surface area contributed by atoms with E-state index < -0.39 is 5.97 Å². The van der Waals surface area contributed by atoms with E-state index in [1.807, 2.05) is 30.5 Å². The van der Waals surface area contributed by atoms with Crippen molar-refractivity contribution < 1.29 is 14.6 Å². The minimum absolute atomic E-state index is 0.233. The average molecular weight is 562 g/mol. The molecule has 4 rings (SSSR count). The summed E-state index contributed by atoms with van der Waals surface area (Å²) in [5.41, 5.74) is 2.28. The van der Waals surface area contributed by atoms with Crippen LogP contribution in [0.5, 0.6) is 5.75 Å². The highest BCUT2D eigenvalue weighted by molar-refractivity contribution is 7.99. The number of aryl methyl sites for hydroxylation is 1. The van der Waals surface area contributed by atoms with Gasteiger partial charge in [-0.15, -0.1) is 11.8 Å². The second-order valence-electron chi connectivity index (χ2n) is 9.69. The Kier molecular flexibility index (Phi) is 10.4. The zero-order valence-corrected chi connectivity index (χ0v) is 23.5. The quantitative estimate of drug-likeness (QED) is 0.232. The Morgan fingerprint density at radius 2 is 2.05 bits per heavy atom. The minimum atomic E-state index is -0.709. The van der Waals surface area contributed by atoms with Crippen molar-refractivity contribution in [2.75, 3.05) is 32.5 Å². The molecule has 0 amide bonds. The van der Waals surface area contributed by atoms with Crippen molar-refractivity contribution in [3.8, 4) is 5.75 Å². The lowest BCUT2D eigenvalue weighted by molar-refractivity contribution is -0.137. The lowest BCUT2D eigenvalue weighted by Gasteiger charge is -2.39. The lowest BCUT2D eigenvalue weighted by Crippen LogP contribution is -2.41. The second kappa shape index (κ2) is 13.7. The maximum absolute atomic E-state index is 11.3. The molecule has 0 radical (unpaired) electrons. The molecule has 5 nitrogen and oxygen atoms in total. The van der Waals surface area contributed by atoms with Gasteiger partial charge in [-0.1, -0.05) is 29.3 Å². The first-order valence-corrected chi connectivity index (χ1v) is 14.6. The second-order valence-corrected chi connectivity index (χ2v) is 11.6. The Bertz CT molecular complexity index is 1210. The number of hydrogen-bond donors (Lipinski definition) is 1. The summed E-state index contributed by atoms with van der Waals surface area (Å²) < 4.78 is 5.42. The zero-order chi connectivity index (χ0) is 26.2. The Morgan fingerprint density at radius 3 is 2.86 bits per heavy atom. The first-order chi connectivity index (χ1) is 17.9. The largest absolute Gasteiger partial charge is 0.497 e. The first kappa shape index (κ1) is 28.0. The van der Waals surface area contributed by atoms with E-state index in [9.17, 15) is 9.90 Å². The van der Waals surface area contributed by atoms with Crippen LogP contribution in [-0.2, 0) is 11.2 Å². The van der Waals surface area contributed by atoms with E-state index in [0.717, 1.165) is 79.0 Å². The topological polar surface area (TPSA) is 62.7 Å². The molecule has 0 saturated carbocycles. The molecule has 2 aromatic carbocycles. The zero-order valence-electron chi connectivity index (χ0n) is 21.2. The van der Waals surface area contributed by atoms with Gasteiger partial charge < -0.3 is 14.7 Å². The SMILES string of the molecule is COc1ccc2nccc(CCCC3CCN(CCSc4cccc(Cl)c4Cl)CC3CCC(=O)O)c2c1. The number of aromatic nitrogens is 1. The molecule has 1 aliphatic rings. The van der Waals surface area contributed by atoms with E-state index in [4.69, 9.17) is 27.9 Å². The maximum atomic E-state index is 11.3. The number of pyridine rings is 1. The number of carboxylic acid groups (broad SMARTS) is 1.